The second-order valence-electron chi connectivity index (χ2n) is 5.52. The Kier molecular flexibility index (Phi) is 3.92. The van der Waals surface area contributed by atoms with E-state index >= 15 is 0 Å². The van der Waals surface area contributed by atoms with Crippen LogP contribution >= 0.6 is 0 Å². The topological polar surface area (TPSA) is 78.5 Å². The number of nitrogens with two attached hydrogens (primary N) is 1. The fourth-order valence-corrected chi connectivity index (χ4v) is 1.97. The number of H-pyrrole nitrogens is 1. The first-order valence-corrected chi connectivity index (χ1v) is 6.35. The van der Waals surface area contributed by atoms with Gasteiger partial charge in [-0.2, -0.15) is 5.26 Å². The fraction of sp³-hybridized carbons (Fsp3) is 0.429. The maximum atomic E-state index is 14.3. The lowest BCUT2D eigenvalue weighted by atomic mass is 9.84. The van der Waals surface area contributed by atoms with Crippen LogP contribution in [0.15, 0.2) is 18.2 Å². The maximum absolute atomic E-state index is 14.3. The fourth-order valence-electron chi connectivity index (χ4n) is 1.97. The molecule has 2 aromatic rings. The van der Waals surface area contributed by atoms with Crippen LogP contribution in [0.2, 0.25) is 0 Å². The zero-order chi connectivity index (χ0) is 15.8. The third-order valence-corrected chi connectivity index (χ3v) is 3.53. The Morgan fingerprint density at radius 3 is 2.57 bits per heavy atom. The van der Waals surface area contributed by atoms with Gasteiger partial charge in [0.15, 0.2) is 0 Å². The lowest BCUT2D eigenvalue weighted by Crippen LogP contribution is -2.40. The average Bonchev–Trinajstić information content (AvgIpc) is 2.87. The summed E-state index contributed by atoms with van der Waals surface area (Å²) in [7, 11) is 0. The Morgan fingerprint density at radius 1 is 1.33 bits per heavy atom. The summed E-state index contributed by atoms with van der Waals surface area (Å²) >= 11 is 0. The van der Waals surface area contributed by atoms with Gasteiger partial charge < -0.3 is 10.7 Å². The van der Waals surface area contributed by atoms with Crippen molar-refractivity contribution >= 4 is 11.0 Å². The molecule has 2 atom stereocenters. The normalized spacial score (nSPS) is 15.1. The van der Waals surface area contributed by atoms with Gasteiger partial charge in [0, 0.05) is 0 Å². The highest BCUT2D eigenvalue weighted by Gasteiger charge is 2.43. The van der Waals surface area contributed by atoms with Gasteiger partial charge in [-0.05, 0) is 18.2 Å². The molecule has 7 heteroatoms. The number of alkyl halides is 3. The van der Waals surface area contributed by atoms with E-state index < -0.39 is 24.1 Å². The Bertz CT molecular complexity index is 687. The van der Waals surface area contributed by atoms with Gasteiger partial charge in [0.05, 0.1) is 34.1 Å². The smallest absolute Gasteiger partial charge is 0.246 e. The molecule has 1 heterocycles. The summed E-state index contributed by atoms with van der Waals surface area (Å²) in [5, 5.41) is 8.81. The largest absolute Gasteiger partial charge is 0.341 e. The lowest BCUT2D eigenvalue weighted by molar-refractivity contribution is -0.0433. The summed E-state index contributed by atoms with van der Waals surface area (Å²) in [4.78, 5) is 6.91. The first-order chi connectivity index (χ1) is 9.77. The third kappa shape index (κ3) is 2.72. The van der Waals surface area contributed by atoms with Gasteiger partial charge in [0.2, 0.25) is 6.43 Å². The Hall–Kier alpha value is -2.07. The Balaban J connectivity index is 2.35. The molecule has 112 valence electrons. The quantitative estimate of drug-likeness (QED) is 0.910. The molecule has 1 aromatic heterocycles. The average molecular weight is 296 g/mol. The molecule has 0 aliphatic heterocycles. The number of rotatable bonds is 4. The molecular weight excluding hydrogens is 281 g/mol. The van der Waals surface area contributed by atoms with Crippen LogP contribution in [0.3, 0.4) is 0 Å². The zero-order valence-electron chi connectivity index (χ0n) is 11.6. The molecule has 0 amide bonds. The highest BCUT2D eigenvalue weighted by atomic mass is 19.3. The van der Waals surface area contributed by atoms with Gasteiger partial charge in [-0.3, -0.25) is 0 Å². The first kappa shape index (κ1) is 15.3. The molecule has 3 N–H and O–H groups in total. The van der Waals surface area contributed by atoms with Crippen LogP contribution in [-0.2, 0) is 0 Å². The van der Waals surface area contributed by atoms with E-state index in [0.29, 0.717) is 16.6 Å². The van der Waals surface area contributed by atoms with E-state index in [1.165, 1.54) is 6.07 Å². The van der Waals surface area contributed by atoms with E-state index in [9.17, 15) is 13.2 Å². The van der Waals surface area contributed by atoms with E-state index in [4.69, 9.17) is 11.0 Å². The molecule has 0 radical (unpaired) electrons. The van der Waals surface area contributed by atoms with Gasteiger partial charge in [-0.1, -0.05) is 13.8 Å². The number of nitrogens with zero attached hydrogens (tertiary/aromatic N) is 2. The minimum absolute atomic E-state index is 0.0846. The van der Waals surface area contributed by atoms with Crippen LogP contribution < -0.4 is 5.73 Å². The molecule has 0 fully saturated rings. The van der Waals surface area contributed by atoms with Crippen molar-refractivity contribution in [1.29, 1.82) is 5.26 Å². The number of hydrogen-bond acceptors (Lipinski definition) is 3. The van der Waals surface area contributed by atoms with Crippen molar-refractivity contribution < 1.29 is 13.2 Å². The molecule has 0 aliphatic rings. The summed E-state index contributed by atoms with van der Waals surface area (Å²) in [6, 6.07) is 5.37. The molecule has 2 unspecified atom stereocenters. The highest BCUT2D eigenvalue weighted by Crippen LogP contribution is 2.36. The van der Waals surface area contributed by atoms with E-state index in [-0.39, 0.29) is 5.82 Å². The maximum Gasteiger partial charge on any atom is 0.246 e. The monoisotopic (exact) mass is 296 g/mol. The van der Waals surface area contributed by atoms with E-state index in [2.05, 4.69) is 9.97 Å². The second-order valence-corrected chi connectivity index (χ2v) is 5.52. The van der Waals surface area contributed by atoms with Crippen molar-refractivity contribution in [2.75, 3.05) is 0 Å². The van der Waals surface area contributed by atoms with Crippen LogP contribution in [-0.4, -0.2) is 22.6 Å². The summed E-state index contributed by atoms with van der Waals surface area (Å²) in [5.41, 5.74) is 5.27. The number of hydrogen-bond donors (Lipinski definition) is 2. The predicted molar refractivity (Wildman–Crippen MR) is 72.4 cm³/mol. The van der Waals surface area contributed by atoms with Crippen molar-refractivity contribution in [3.63, 3.8) is 0 Å². The van der Waals surface area contributed by atoms with Crippen molar-refractivity contribution in [1.82, 2.24) is 9.97 Å². The molecule has 1 aromatic carbocycles. The number of aromatic amines is 1. The molecule has 0 saturated heterocycles. The summed E-state index contributed by atoms with van der Waals surface area (Å²) in [5.74, 6) is 0.0846. The number of benzene rings is 1. The number of imidazole rings is 1. The van der Waals surface area contributed by atoms with Gasteiger partial charge >= 0.3 is 0 Å². The Morgan fingerprint density at radius 2 is 2.00 bits per heavy atom. The SMILES string of the molecule is CC(C)(C(F)F)C(F)C(N)c1nc2cc(C#N)ccc2[nH]1. The van der Waals surface area contributed by atoms with Crippen LogP contribution in [0.1, 0.15) is 31.3 Å². The molecule has 0 saturated carbocycles. The van der Waals surface area contributed by atoms with Crippen LogP contribution in [0.5, 0.6) is 0 Å². The molecule has 0 aliphatic carbocycles. The van der Waals surface area contributed by atoms with E-state index in [1.54, 1.807) is 12.1 Å². The van der Waals surface area contributed by atoms with Crippen LogP contribution in [0.4, 0.5) is 13.2 Å². The van der Waals surface area contributed by atoms with Gasteiger partial charge in [0.25, 0.3) is 0 Å². The number of nitriles is 1. The summed E-state index contributed by atoms with van der Waals surface area (Å²) in [6.45, 7) is 2.25. The third-order valence-electron chi connectivity index (χ3n) is 3.53. The summed E-state index contributed by atoms with van der Waals surface area (Å²) in [6.07, 6.45) is -4.80. The zero-order valence-corrected chi connectivity index (χ0v) is 11.6. The van der Waals surface area contributed by atoms with Crippen LogP contribution in [0, 0.1) is 16.7 Å². The molecule has 0 bridgehead atoms. The van der Waals surface area contributed by atoms with Crippen molar-refractivity contribution in [2.24, 2.45) is 11.1 Å². The van der Waals surface area contributed by atoms with E-state index in [0.717, 1.165) is 13.8 Å². The van der Waals surface area contributed by atoms with Crippen LogP contribution in [0.25, 0.3) is 11.0 Å². The number of nitrogens with one attached hydrogen (secondary N) is 1. The standard InChI is InChI=1S/C14H15F3N4/c1-14(2,13(16)17)11(15)10(19)12-20-8-4-3-7(6-18)5-9(8)21-12/h3-5,10-11,13H,19H2,1-2H3,(H,20,21). The van der Waals surface area contributed by atoms with Gasteiger partial charge in [-0.15, -0.1) is 0 Å². The number of aromatic nitrogens is 2. The minimum Gasteiger partial charge on any atom is -0.341 e. The van der Waals surface area contributed by atoms with Crippen molar-refractivity contribution in [3.05, 3.63) is 29.6 Å². The Labute approximate surface area is 119 Å². The minimum atomic E-state index is -2.84. The molecule has 4 nitrogen and oxygen atoms in total. The molecule has 2 rings (SSSR count). The van der Waals surface area contributed by atoms with Crippen molar-refractivity contribution in [2.45, 2.75) is 32.5 Å². The molecule has 0 spiro atoms. The predicted octanol–water partition coefficient (Wildman–Crippen LogP) is 3.06. The van der Waals surface area contributed by atoms with Gasteiger partial charge in [0.1, 0.15) is 12.0 Å². The highest BCUT2D eigenvalue weighted by molar-refractivity contribution is 5.76. The van der Waals surface area contributed by atoms with E-state index in [1.807, 2.05) is 6.07 Å². The first-order valence-electron chi connectivity index (χ1n) is 6.35. The van der Waals surface area contributed by atoms with Gasteiger partial charge in [-0.25, -0.2) is 18.2 Å². The van der Waals surface area contributed by atoms with Crippen molar-refractivity contribution in [3.8, 4) is 6.07 Å². The number of halogens is 3. The second kappa shape index (κ2) is 5.37. The summed E-state index contributed by atoms with van der Waals surface area (Å²) < 4.78 is 40.0. The molecular formula is C14H15F3N4. The lowest BCUT2D eigenvalue weighted by Gasteiger charge is -2.30. The number of fused-ring (bicyclic) bond motifs is 1. The molecule has 21 heavy (non-hydrogen) atoms.